The summed E-state index contributed by atoms with van der Waals surface area (Å²) in [5, 5.41) is 10.5. The average Bonchev–Trinajstić information content (AvgIpc) is 3.00. The third kappa shape index (κ3) is 4.39. The Kier molecular flexibility index (Phi) is 6.06. The molecule has 3 nitrogen and oxygen atoms in total. The Hall–Kier alpha value is -1.47. The van der Waals surface area contributed by atoms with Gasteiger partial charge in [0.25, 0.3) is 0 Å². The summed E-state index contributed by atoms with van der Waals surface area (Å²) in [7, 11) is 0. The van der Waals surface area contributed by atoms with E-state index in [1.807, 2.05) is 12.3 Å². The minimum Gasteiger partial charge on any atom is -0.396 e. The molecule has 0 fully saturated rings. The summed E-state index contributed by atoms with van der Waals surface area (Å²) in [5.74, 6) is -0.247. The fourth-order valence-corrected chi connectivity index (χ4v) is 4.31. The second kappa shape index (κ2) is 8.27. The van der Waals surface area contributed by atoms with Crippen molar-refractivity contribution in [1.82, 2.24) is 9.97 Å². The largest absolute Gasteiger partial charge is 0.396 e. The van der Waals surface area contributed by atoms with Gasteiger partial charge >= 0.3 is 0 Å². The van der Waals surface area contributed by atoms with Crippen molar-refractivity contribution in [3.63, 3.8) is 0 Å². The minimum atomic E-state index is -0.247. The number of hydrogen-bond donors (Lipinski definition) is 1. The van der Waals surface area contributed by atoms with Crippen molar-refractivity contribution >= 4 is 34.7 Å². The summed E-state index contributed by atoms with van der Waals surface area (Å²) in [4.78, 5) is 10.8. The Labute approximate surface area is 158 Å². The molecule has 0 aliphatic rings. The Bertz CT molecular complexity index is 868. The minimum absolute atomic E-state index is 0.0696. The SMILES string of the molecule is CSc1ncc(Cl)c(-c2cc(CCO)c(Cc3ccc(F)cc3)s2)n1. The lowest BCUT2D eigenvalue weighted by Gasteiger charge is -2.03. The van der Waals surface area contributed by atoms with Crippen molar-refractivity contribution in [2.24, 2.45) is 0 Å². The highest BCUT2D eigenvalue weighted by molar-refractivity contribution is 7.98. The molecule has 0 aliphatic carbocycles. The zero-order valence-corrected chi connectivity index (χ0v) is 15.9. The van der Waals surface area contributed by atoms with Crippen LogP contribution in [0.2, 0.25) is 5.02 Å². The zero-order chi connectivity index (χ0) is 17.8. The average molecular weight is 395 g/mol. The lowest BCUT2D eigenvalue weighted by Crippen LogP contribution is -1.94. The lowest BCUT2D eigenvalue weighted by molar-refractivity contribution is 0.299. The molecule has 0 bridgehead atoms. The van der Waals surface area contributed by atoms with E-state index in [2.05, 4.69) is 9.97 Å². The molecular weight excluding hydrogens is 379 g/mol. The molecule has 0 atom stereocenters. The number of aliphatic hydroxyl groups is 1. The molecule has 0 amide bonds. The van der Waals surface area contributed by atoms with Gasteiger partial charge in [-0.15, -0.1) is 11.3 Å². The number of rotatable bonds is 6. The summed E-state index contributed by atoms with van der Waals surface area (Å²) < 4.78 is 13.1. The first-order valence-electron chi connectivity index (χ1n) is 7.64. The molecule has 3 aromatic rings. The highest BCUT2D eigenvalue weighted by atomic mass is 35.5. The Morgan fingerprint density at radius 1 is 1.28 bits per heavy atom. The molecule has 0 aliphatic heterocycles. The van der Waals surface area contributed by atoms with E-state index in [0.29, 0.717) is 28.7 Å². The van der Waals surface area contributed by atoms with Crippen LogP contribution < -0.4 is 0 Å². The Morgan fingerprint density at radius 3 is 2.72 bits per heavy atom. The van der Waals surface area contributed by atoms with Crippen LogP contribution in [0.4, 0.5) is 4.39 Å². The van der Waals surface area contributed by atoms with E-state index in [4.69, 9.17) is 11.6 Å². The van der Waals surface area contributed by atoms with Crippen molar-refractivity contribution in [2.45, 2.75) is 18.0 Å². The van der Waals surface area contributed by atoms with Crippen LogP contribution in [-0.4, -0.2) is 27.9 Å². The van der Waals surface area contributed by atoms with E-state index in [9.17, 15) is 9.50 Å². The van der Waals surface area contributed by atoms with Gasteiger partial charge in [0.05, 0.1) is 16.1 Å². The smallest absolute Gasteiger partial charge is 0.187 e. The maximum absolute atomic E-state index is 13.1. The maximum Gasteiger partial charge on any atom is 0.187 e. The first-order valence-corrected chi connectivity index (χ1v) is 10.1. The third-order valence-corrected chi connectivity index (χ3v) is 5.72. The standard InChI is InChI=1S/C18H16ClFN2OS2/c1-24-18-21-10-14(19)17(22-18)16-9-12(6-7-23)15(25-16)8-11-2-4-13(20)5-3-11/h2-5,9-10,23H,6-8H2,1H3. The van der Waals surface area contributed by atoms with Crippen LogP contribution >= 0.6 is 34.7 Å². The fourth-order valence-electron chi connectivity index (χ4n) is 2.47. The van der Waals surface area contributed by atoms with Crippen molar-refractivity contribution in [2.75, 3.05) is 12.9 Å². The third-order valence-electron chi connectivity index (χ3n) is 3.69. The number of thiophene rings is 1. The Morgan fingerprint density at radius 2 is 2.04 bits per heavy atom. The summed E-state index contributed by atoms with van der Waals surface area (Å²) >= 11 is 9.34. The highest BCUT2D eigenvalue weighted by Gasteiger charge is 2.15. The van der Waals surface area contributed by atoms with Crippen LogP contribution in [0.1, 0.15) is 16.0 Å². The van der Waals surface area contributed by atoms with E-state index in [1.165, 1.54) is 23.9 Å². The molecule has 0 unspecified atom stereocenters. The van der Waals surface area contributed by atoms with E-state index >= 15 is 0 Å². The lowest BCUT2D eigenvalue weighted by atomic mass is 10.1. The summed E-state index contributed by atoms with van der Waals surface area (Å²) in [6, 6.07) is 8.50. The highest BCUT2D eigenvalue weighted by Crippen LogP contribution is 2.36. The maximum atomic E-state index is 13.1. The topological polar surface area (TPSA) is 46.0 Å². The molecule has 0 saturated carbocycles. The molecule has 3 rings (SSSR count). The quantitative estimate of drug-likeness (QED) is 0.479. The Balaban J connectivity index is 1.98. The summed E-state index contributed by atoms with van der Waals surface area (Å²) in [6.07, 6.45) is 4.77. The fraction of sp³-hybridized carbons (Fsp3) is 0.222. The number of nitrogens with zero attached hydrogens (tertiary/aromatic N) is 2. The van der Waals surface area contributed by atoms with E-state index in [0.717, 1.165) is 20.9 Å². The van der Waals surface area contributed by atoms with Crippen LogP contribution in [0.3, 0.4) is 0 Å². The van der Waals surface area contributed by atoms with E-state index < -0.39 is 0 Å². The molecule has 1 N–H and O–H groups in total. The van der Waals surface area contributed by atoms with Gasteiger partial charge < -0.3 is 5.11 Å². The number of hydrogen-bond acceptors (Lipinski definition) is 5. The molecular formula is C18H16ClFN2OS2. The predicted octanol–water partition coefficient (Wildman–Crippen LogP) is 4.85. The van der Waals surface area contributed by atoms with E-state index in [1.54, 1.807) is 29.7 Å². The van der Waals surface area contributed by atoms with Gasteiger partial charge in [-0.3, -0.25) is 0 Å². The van der Waals surface area contributed by atoms with Gasteiger partial charge in [-0.1, -0.05) is 35.5 Å². The number of aromatic nitrogens is 2. The van der Waals surface area contributed by atoms with Gasteiger partial charge in [0.1, 0.15) is 11.5 Å². The molecule has 0 spiro atoms. The number of halogens is 2. The second-order valence-electron chi connectivity index (χ2n) is 5.39. The van der Waals surface area contributed by atoms with Crippen LogP contribution in [0.15, 0.2) is 41.7 Å². The van der Waals surface area contributed by atoms with Crippen LogP contribution in [-0.2, 0) is 12.8 Å². The van der Waals surface area contributed by atoms with Crippen LogP contribution in [0.5, 0.6) is 0 Å². The first kappa shape index (κ1) is 18.3. The number of benzene rings is 1. The molecule has 25 heavy (non-hydrogen) atoms. The molecule has 0 saturated heterocycles. The van der Waals surface area contributed by atoms with E-state index in [-0.39, 0.29) is 12.4 Å². The predicted molar refractivity (Wildman–Crippen MR) is 102 cm³/mol. The molecule has 130 valence electrons. The van der Waals surface area contributed by atoms with Gasteiger partial charge in [-0.05, 0) is 42.0 Å². The first-order chi connectivity index (χ1) is 12.1. The molecule has 0 radical (unpaired) electrons. The number of aliphatic hydroxyl groups excluding tert-OH is 1. The molecule has 1 aromatic carbocycles. The molecule has 7 heteroatoms. The number of thioether (sulfide) groups is 1. The van der Waals surface area contributed by atoms with Crippen molar-refractivity contribution in [3.8, 4) is 10.6 Å². The van der Waals surface area contributed by atoms with Gasteiger partial charge in [-0.2, -0.15) is 0 Å². The van der Waals surface area contributed by atoms with Gasteiger partial charge in [-0.25, -0.2) is 14.4 Å². The van der Waals surface area contributed by atoms with Crippen molar-refractivity contribution in [3.05, 3.63) is 63.4 Å². The van der Waals surface area contributed by atoms with Crippen molar-refractivity contribution < 1.29 is 9.50 Å². The normalized spacial score (nSPS) is 11.0. The summed E-state index contributed by atoms with van der Waals surface area (Å²) in [5.41, 5.74) is 2.79. The van der Waals surface area contributed by atoms with Gasteiger partial charge in [0.15, 0.2) is 5.16 Å². The monoisotopic (exact) mass is 394 g/mol. The summed E-state index contributed by atoms with van der Waals surface area (Å²) in [6.45, 7) is 0.0696. The van der Waals surface area contributed by atoms with Gasteiger partial charge in [0.2, 0.25) is 0 Å². The van der Waals surface area contributed by atoms with Crippen LogP contribution in [0.25, 0.3) is 10.6 Å². The zero-order valence-electron chi connectivity index (χ0n) is 13.5. The molecule has 2 aromatic heterocycles. The van der Waals surface area contributed by atoms with Gasteiger partial charge in [0, 0.05) is 17.9 Å². The second-order valence-corrected chi connectivity index (χ2v) is 7.71. The molecule has 2 heterocycles. The van der Waals surface area contributed by atoms with Crippen LogP contribution in [0, 0.1) is 5.82 Å². The van der Waals surface area contributed by atoms with Crippen molar-refractivity contribution in [1.29, 1.82) is 0 Å².